The molecule has 0 bridgehead atoms. The van der Waals surface area contributed by atoms with Gasteiger partial charge >= 0.3 is 0 Å². The summed E-state index contributed by atoms with van der Waals surface area (Å²) in [4.78, 5) is 2.22. The molecule has 0 unspecified atom stereocenters. The second kappa shape index (κ2) is 4.94. The molecule has 2 rings (SSSR count). The normalized spacial score (nSPS) is 19.0. The molecule has 0 radical (unpaired) electrons. The number of likely N-dealkylation sites (N-methyl/N-ethyl adjacent to an activating group) is 1. The van der Waals surface area contributed by atoms with E-state index in [9.17, 15) is 0 Å². The molecule has 1 N–H and O–H groups in total. The molecule has 4 nitrogen and oxygen atoms in total. The van der Waals surface area contributed by atoms with Crippen molar-refractivity contribution in [2.24, 2.45) is 0 Å². The third-order valence-electron chi connectivity index (χ3n) is 3.28. The lowest BCUT2D eigenvalue weighted by Gasteiger charge is -2.32. The van der Waals surface area contributed by atoms with Gasteiger partial charge in [0.15, 0.2) is 11.5 Å². The number of fused-ring (bicyclic) bond motifs is 1. The first kappa shape index (κ1) is 12.2. The van der Waals surface area contributed by atoms with Gasteiger partial charge in [-0.3, -0.25) is 0 Å². The van der Waals surface area contributed by atoms with E-state index in [1.54, 1.807) is 14.2 Å². The minimum atomic E-state index is 0.388. The van der Waals surface area contributed by atoms with E-state index in [-0.39, 0.29) is 0 Å². The maximum Gasteiger partial charge on any atom is 0.161 e. The van der Waals surface area contributed by atoms with Crippen LogP contribution >= 0.6 is 0 Å². The minimum absolute atomic E-state index is 0.388. The lowest BCUT2D eigenvalue weighted by atomic mass is 9.95. The van der Waals surface area contributed by atoms with Crippen LogP contribution in [0, 0.1) is 0 Å². The summed E-state index contributed by atoms with van der Waals surface area (Å²) in [6.07, 6.45) is 0. The summed E-state index contributed by atoms with van der Waals surface area (Å²) in [5, 5.41) is 3.42. The molecule has 1 aliphatic rings. The number of methoxy groups -OCH3 is 2. The Labute approximate surface area is 103 Å². The van der Waals surface area contributed by atoms with Gasteiger partial charge in [-0.1, -0.05) is 0 Å². The summed E-state index contributed by atoms with van der Waals surface area (Å²) in [7, 11) is 7.54. The van der Waals surface area contributed by atoms with E-state index in [0.717, 1.165) is 24.6 Å². The molecular formula is C13H20N2O2. The van der Waals surface area contributed by atoms with Gasteiger partial charge in [-0.2, -0.15) is 0 Å². The van der Waals surface area contributed by atoms with E-state index in [0.29, 0.717) is 6.04 Å². The smallest absolute Gasteiger partial charge is 0.161 e. The van der Waals surface area contributed by atoms with Gasteiger partial charge in [0.1, 0.15) is 0 Å². The van der Waals surface area contributed by atoms with Crippen LogP contribution in [0.4, 0.5) is 0 Å². The van der Waals surface area contributed by atoms with E-state index in [2.05, 4.69) is 36.4 Å². The van der Waals surface area contributed by atoms with Gasteiger partial charge in [0.05, 0.1) is 14.2 Å². The van der Waals surface area contributed by atoms with Crippen LogP contribution in [0.15, 0.2) is 12.1 Å². The molecule has 1 aromatic rings. The predicted octanol–water partition coefficient (Wildman–Crippen LogP) is 1.41. The summed E-state index contributed by atoms with van der Waals surface area (Å²) >= 11 is 0. The highest BCUT2D eigenvalue weighted by atomic mass is 16.5. The Morgan fingerprint density at radius 2 is 1.82 bits per heavy atom. The van der Waals surface area contributed by atoms with Crippen molar-refractivity contribution >= 4 is 0 Å². The Kier molecular flexibility index (Phi) is 3.54. The predicted molar refractivity (Wildman–Crippen MR) is 67.7 cm³/mol. The highest BCUT2D eigenvalue weighted by Crippen LogP contribution is 2.35. The lowest BCUT2D eigenvalue weighted by molar-refractivity contribution is 0.273. The van der Waals surface area contributed by atoms with E-state index in [1.165, 1.54) is 11.1 Å². The monoisotopic (exact) mass is 236 g/mol. The highest BCUT2D eigenvalue weighted by molar-refractivity contribution is 5.49. The van der Waals surface area contributed by atoms with Crippen molar-refractivity contribution in [2.75, 3.05) is 34.9 Å². The van der Waals surface area contributed by atoms with Gasteiger partial charge in [0.2, 0.25) is 0 Å². The maximum atomic E-state index is 5.37. The Hall–Kier alpha value is -1.26. The van der Waals surface area contributed by atoms with Crippen molar-refractivity contribution in [1.29, 1.82) is 0 Å². The van der Waals surface area contributed by atoms with Gasteiger partial charge < -0.3 is 19.7 Å². The van der Waals surface area contributed by atoms with E-state index in [4.69, 9.17) is 9.47 Å². The summed E-state index contributed by atoms with van der Waals surface area (Å²) in [5.41, 5.74) is 2.61. The lowest BCUT2D eigenvalue weighted by Crippen LogP contribution is -2.35. The number of hydrogen-bond acceptors (Lipinski definition) is 4. The van der Waals surface area contributed by atoms with Crippen LogP contribution in [-0.2, 0) is 6.54 Å². The molecule has 0 amide bonds. The Morgan fingerprint density at radius 1 is 1.18 bits per heavy atom. The van der Waals surface area contributed by atoms with Gasteiger partial charge in [0.25, 0.3) is 0 Å². The van der Waals surface area contributed by atoms with E-state index >= 15 is 0 Å². The molecule has 0 spiro atoms. The number of nitrogens with zero attached hydrogens (tertiary/aromatic N) is 1. The van der Waals surface area contributed by atoms with E-state index < -0.39 is 0 Å². The average molecular weight is 236 g/mol. The third kappa shape index (κ3) is 2.23. The Morgan fingerprint density at radius 3 is 2.41 bits per heavy atom. The fourth-order valence-electron chi connectivity index (χ4n) is 2.31. The standard InChI is InChI=1S/C13H20N2O2/c1-15(2)11-8-14-7-9-5-12(16-3)13(17-4)6-10(9)11/h5-6,11,14H,7-8H2,1-4H3/t11-/m1/s1. The quantitative estimate of drug-likeness (QED) is 0.860. The first-order valence-corrected chi connectivity index (χ1v) is 5.79. The van der Waals surface area contributed by atoms with Crippen molar-refractivity contribution in [3.8, 4) is 11.5 Å². The molecule has 94 valence electrons. The molecule has 17 heavy (non-hydrogen) atoms. The fourth-order valence-corrected chi connectivity index (χ4v) is 2.31. The third-order valence-corrected chi connectivity index (χ3v) is 3.28. The van der Waals surface area contributed by atoms with Crippen LogP contribution in [0.5, 0.6) is 11.5 Å². The van der Waals surface area contributed by atoms with Gasteiger partial charge in [-0.15, -0.1) is 0 Å². The average Bonchev–Trinajstić information content (AvgIpc) is 2.35. The topological polar surface area (TPSA) is 33.7 Å². The summed E-state index contributed by atoms with van der Waals surface area (Å²) in [5.74, 6) is 1.60. The molecular weight excluding hydrogens is 216 g/mol. The molecule has 1 atom stereocenters. The van der Waals surface area contributed by atoms with Crippen molar-refractivity contribution < 1.29 is 9.47 Å². The molecule has 0 saturated carbocycles. The van der Waals surface area contributed by atoms with Crippen molar-refractivity contribution in [1.82, 2.24) is 10.2 Å². The molecule has 1 aromatic carbocycles. The summed E-state index contributed by atoms with van der Waals surface area (Å²) in [6.45, 7) is 1.86. The zero-order valence-corrected chi connectivity index (χ0v) is 10.9. The van der Waals surface area contributed by atoms with Crippen LogP contribution < -0.4 is 14.8 Å². The first-order valence-electron chi connectivity index (χ1n) is 5.79. The zero-order chi connectivity index (χ0) is 12.4. The molecule has 0 aliphatic carbocycles. The fraction of sp³-hybridized carbons (Fsp3) is 0.538. The van der Waals surface area contributed by atoms with Crippen molar-refractivity contribution in [3.63, 3.8) is 0 Å². The number of benzene rings is 1. The molecule has 1 aliphatic heterocycles. The molecule has 0 aromatic heterocycles. The van der Waals surface area contributed by atoms with Gasteiger partial charge in [-0.05, 0) is 37.4 Å². The zero-order valence-electron chi connectivity index (χ0n) is 10.9. The van der Waals surface area contributed by atoms with Gasteiger partial charge in [-0.25, -0.2) is 0 Å². The van der Waals surface area contributed by atoms with Gasteiger partial charge in [0, 0.05) is 19.1 Å². The van der Waals surface area contributed by atoms with Crippen molar-refractivity contribution in [3.05, 3.63) is 23.3 Å². The second-order valence-corrected chi connectivity index (χ2v) is 4.52. The Balaban J connectivity index is 2.47. The SMILES string of the molecule is COc1cc2c(cc1OC)[C@H](N(C)C)CNC2. The van der Waals surface area contributed by atoms with Crippen LogP contribution in [0.25, 0.3) is 0 Å². The number of ether oxygens (including phenoxy) is 2. The minimum Gasteiger partial charge on any atom is -0.493 e. The Bertz CT molecular complexity index is 405. The first-order chi connectivity index (χ1) is 8.17. The van der Waals surface area contributed by atoms with Crippen LogP contribution in [0.2, 0.25) is 0 Å². The highest BCUT2D eigenvalue weighted by Gasteiger charge is 2.23. The number of rotatable bonds is 3. The second-order valence-electron chi connectivity index (χ2n) is 4.52. The summed E-state index contributed by atoms with van der Waals surface area (Å²) < 4.78 is 10.7. The maximum absolute atomic E-state index is 5.37. The van der Waals surface area contributed by atoms with Crippen LogP contribution in [0.1, 0.15) is 17.2 Å². The molecule has 1 heterocycles. The molecule has 0 fully saturated rings. The van der Waals surface area contributed by atoms with Crippen LogP contribution in [-0.4, -0.2) is 39.8 Å². The molecule has 0 saturated heterocycles. The number of hydrogen-bond donors (Lipinski definition) is 1. The van der Waals surface area contributed by atoms with Crippen LogP contribution in [0.3, 0.4) is 0 Å². The largest absolute Gasteiger partial charge is 0.493 e. The van der Waals surface area contributed by atoms with Crippen molar-refractivity contribution in [2.45, 2.75) is 12.6 Å². The molecule has 4 heteroatoms. The van der Waals surface area contributed by atoms with E-state index in [1.807, 2.05) is 0 Å². The summed E-state index contributed by atoms with van der Waals surface area (Å²) in [6, 6.07) is 4.55. The number of nitrogens with one attached hydrogen (secondary N) is 1.